The molecule has 1 aromatic carbocycles. The Morgan fingerprint density at radius 2 is 1.94 bits per heavy atom. The first kappa shape index (κ1) is 24.0. The van der Waals surface area contributed by atoms with Crippen molar-refractivity contribution in [1.82, 2.24) is 25.4 Å². The Hall–Kier alpha value is -3.71. The van der Waals surface area contributed by atoms with Gasteiger partial charge in [0.15, 0.2) is 11.6 Å². The molecular formula is C24H25N7O4S. The van der Waals surface area contributed by atoms with Crippen LogP contribution in [-0.2, 0) is 17.9 Å². The Labute approximate surface area is 211 Å². The number of ether oxygens (including phenoxy) is 1. The minimum absolute atomic E-state index is 0.0944. The molecule has 1 aliphatic rings. The molecule has 3 N–H and O–H groups in total. The van der Waals surface area contributed by atoms with Crippen molar-refractivity contribution >= 4 is 39.2 Å². The van der Waals surface area contributed by atoms with Gasteiger partial charge in [-0.05, 0) is 11.6 Å². The smallest absolute Gasteiger partial charge is 0.277 e. The Kier molecular flexibility index (Phi) is 7.00. The normalized spacial score (nSPS) is 13.7. The molecule has 186 valence electrons. The lowest BCUT2D eigenvalue weighted by Gasteiger charge is -2.28. The highest BCUT2D eigenvalue weighted by atomic mass is 32.1. The van der Waals surface area contributed by atoms with Crippen LogP contribution in [0.2, 0.25) is 0 Å². The number of aromatic nitrogens is 4. The van der Waals surface area contributed by atoms with Crippen molar-refractivity contribution in [2.24, 2.45) is 0 Å². The maximum atomic E-state index is 11.5. The number of morpholine rings is 1. The zero-order valence-corrected chi connectivity index (χ0v) is 20.4. The average molecular weight is 508 g/mol. The van der Waals surface area contributed by atoms with E-state index >= 15 is 0 Å². The summed E-state index contributed by atoms with van der Waals surface area (Å²) in [6, 6.07) is 9.65. The zero-order valence-electron chi connectivity index (χ0n) is 19.6. The molecule has 0 aliphatic carbocycles. The Morgan fingerprint density at radius 1 is 1.19 bits per heavy atom. The molecule has 1 aliphatic heterocycles. The number of nitrogens with one attached hydrogen (secondary N) is 1. The number of carbonyl (C=O) groups excluding carboxylic acids is 1. The van der Waals surface area contributed by atoms with Crippen LogP contribution in [0.15, 0.2) is 42.7 Å². The van der Waals surface area contributed by atoms with Crippen LogP contribution in [0.3, 0.4) is 0 Å². The Bertz CT molecular complexity index is 1370. The molecule has 1 amide bonds. The molecule has 0 saturated carbocycles. The number of aliphatic hydroxyl groups excluding tert-OH is 1. The van der Waals surface area contributed by atoms with E-state index in [4.69, 9.17) is 19.9 Å². The molecule has 36 heavy (non-hydrogen) atoms. The summed E-state index contributed by atoms with van der Waals surface area (Å²) in [7, 11) is 1.86. The molecule has 11 nitrogen and oxygen atoms in total. The van der Waals surface area contributed by atoms with Gasteiger partial charge in [0.05, 0.1) is 42.1 Å². The molecule has 0 radical (unpaired) electrons. The average Bonchev–Trinajstić information content (AvgIpc) is 3.34. The van der Waals surface area contributed by atoms with E-state index in [-0.39, 0.29) is 12.2 Å². The maximum Gasteiger partial charge on any atom is 0.277 e. The van der Waals surface area contributed by atoms with Crippen LogP contribution in [-0.4, -0.2) is 69.5 Å². The van der Waals surface area contributed by atoms with Crippen molar-refractivity contribution in [1.29, 1.82) is 0 Å². The number of hydrogen-bond acceptors (Lipinski definition) is 11. The summed E-state index contributed by atoms with van der Waals surface area (Å²) in [4.78, 5) is 34.9. The topological polar surface area (TPSA) is 137 Å². The molecule has 0 bridgehead atoms. The molecule has 1 saturated heterocycles. The molecule has 5 rings (SSSR count). The summed E-state index contributed by atoms with van der Waals surface area (Å²) >= 11 is 1.61. The number of hydroxylamine groups is 1. The number of carbonyl (C=O) groups is 1. The van der Waals surface area contributed by atoms with Gasteiger partial charge in [0.2, 0.25) is 5.95 Å². The van der Waals surface area contributed by atoms with E-state index in [0.29, 0.717) is 31.5 Å². The molecule has 12 heteroatoms. The number of aliphatic hydroxyl groups is 1. The van der Waals surface area contributed by atoms with Crippen LogP contribution >= 0.6 is 11.3 Å². The second-order valence-electron chi connectivity index (χ2n) is 8.28. The third kappa shape index (κ3) is 4.84. The highest BCUT2D eigenvalue weighted by Crippen LogP contribution is 2.35. The van der Waals surface area contributed by atoms with Crippen molar-refractivity contribution in [3.8, 4) is 11.4 Å². The fraction of sp³-hybridized carbons (Fsp3) is 0.292. The van der Waals surface area contributed by atoms with Gasteiger partial charge in [0.25, 0.3) is 5.91 Å². The van der Waals surface area contributed by atoms with Gasteiger partial charge in [-0.3, -0.25) is 10.0 Å². The predicted octanol–water partition coefficient (Wildman–Crippen LogP) is 2.23. The number of thiophene rings is 1. The molecule has 4 heterocycles. The molecule has 4 aromatic rings. The van der Waals surface area contributed by atoms with Crippen molar-refractivity contribution < 1.29 is 19.8 Å². The highest BCUT2D eigenvalue weighted by molar-refractivity contribution is 7.19. The van der Waals surface area contributed by atoms with E-state index < -0.39 is 5.91 Å². The lowest BCUT2D eigenvalue weighted by Crippen LogP contribution is -2.36. The summed E-state index contributed by atoms with van der Waals surface area (Å²) < 4.78 is 6.54. The summed E-state index contributed by atoms with van der Waals surface area (Å²) in [6.07, 6.45) is 2.73. The van der Waals surface area contributed by atoms with Crippen molar-refractivity contribution in [2.45, 2.75) is 13.2 Å². The number of rotatable bonds is 7. The van der Waals surface area contributed by atoms with Gasteiger partial charge in [-0.1, -0.05) is 24.3 Å². The minimum Gasteiger partial charge on any atom is -0.392 e. The first-order valence-corrected chi connectivity index (χ1v) is 12.2. The van der Waals surface area contributed by atoms with Crippen molar-refractivity contribution in [3.63, 3.8) is 0 Å². The van der Waals surface area contributed by atoms with Crippen LogP contribution in [0, 0.1) is 0 Å². The van der Waals surface area contributed by atoms with E-state index in [1.54, 1.807) is 16.8 Å². The van der Waals surface area contributed by atoms with Gasteiger partial charge < -0.3 is 19.6 Å². The summed E-state index contributed by atoms with van der Waals surface area (Å²) in [5.74, 6) is 1.22. The van der Waals surface area contributed by atoms with Gasteiger partial charge in [0.1, 0.15) is 0 Å². The van der Waals surface area contributed by atoms with Gasteiger partial charge in [-0.2, -0.15) is 0 Å². The number of anilines is 2. The van der Waals surface area contributed by atoms with Crippen LogP contribution in [0.4, 0.5) is 11.8 Å². The number of nitrogens with zero attached hydrogens (tertiary/aromatic N) is 6. The number of amides is 1. The summed E-state index contributed by atoms with van der Waals surface area (Å²) in [6.45, 7) is 3.18. The van der Waals surface area contributed by atoms with Gasteiger partial charge >= 0.3 is 0 Å². The quantitative estimate of drug-likeness (QED) is 0.252. The first-order valence-electron chi connectivity index (χ1n) is 11.4. The lowest BCUT2D eigenvalue weighted by molar-refractivity contribution is 0.0705. The fourth-order valence-corrected chi connectivity index (χ4v) is 5.20. The number of benzene rings is 1. The zero-order chi connectivity index (χ0) is 25.1. The SMILES string of the molecule is CN(Cc1cc2nc(-c3ccccc3CO)nc(N3CCOCC3)c2s1)c1ncc(C(=O)NO)cn1. The molecule has 3 aromatic heterocycles. The van der Waals surface area contributed by atoms with Gasteiger partial charge in [-0.15, -0.1) is 11.3 Å². The number of fused-ring (bicyclic) bond motifs is 1. The molecule has 0 atom stereocenters. The highest BCUT2D eigenvalue weighted by Gasteiger charge is 2.21. The van der Waals surface area contributed by atoms with E-state index in [9.17, 15) is 9.90 Å². The first-order chi connectivity index (χ1) is 17.6. The monoisotopic (exact) mass is 507 g/mol. The Morgan fingerprint density at radius 3 is 2.67 bits per heavy atom. The summed E-state index contributed by atoms with van der Waals surface area (Å²) in [5.41, 5.74) is 4.15. The van der Waals surface area contributed by atoms with E-state index in [2.05, 4.69) is 14.9 Å². The third-order valence-electron chi connectivity index (χ3n) is 5.88. The van der Waals surface area contributed by atoms with Crippen molar-refractivity contribution in [3.05, 3.63) is 58.7 Å². The predicted molar refractivity (Wildman–Crippen MR) is 135 cm³/mol. The molecule has 1 fully saturated rings. The van der Waals surface area contributed by atoms with E-state index in [0.717, 1.165) is 45.1 Å². The Balaban J connectivity index is 1.50. The minimum atomic E-state index is -0.665. The van der Waals surface area contributed by atoms with Crippen LogP contribution in [0.5, 0.6) is 0 Å². The second-order valence-corrected chi connectivity index (χ2v) is 9.42. The largest absolute Gasteiger partial charge is 0.392 e. The number of hydrogen-bond donors (Lipinski definition) is 3. The maximum absolute atomic E-state index is 11.5. The van der Waals surface area contributed by atoms with Crippen LogP contribution in [0.1, 0.15) is 20.8 Å². The molecule has 0 unspecified atom stereocenters. The van der Waals surface area contributed by atoms with Crippen molar-refractivity contribution in [2.75, 3.05) is 43.2 Å². The third-order valence-corrected chi connectivity index (χ3v) is 6.99. The van der Waals surface area contributed by atoms with E-state index in [1.165, 1.54) is 12.4 Å². The van der Waals surface area contributed by atoms with Crippen LogP contribution < -0.4 is 15.3 Å². The molecular weight excluding hydrogens is 482 g/mol. The van der Waals surface area contributed by atoms with Gasteiger partial charge in [0, 0.05) is 43.0 Å². The fourth-order valence-electron chi connectivity index (χ4n) is 4.03. The standard InChI is InChI=1S/C24H25N7O4S/c1-30(24-25-11-16(12-26-24)23(33)29-34)13-17-10-19-20(36-17)22(31-6-8-35-9-7-31)28-21(27-19)18-5-3-2-4-15(18)14-32/h2-5,10-12,32,34H,6-9,13-14H2,1H3,(H,29,33). The second kappa shape index (κ2) is 10.5. The van der Waals surface area contributed by atoms with E-state index in [1.807, 2.05) is 42.3 Å². The molecule has 0 spiro atoms. The van der Waals surface area contributed by atoms with Crippen LogP contribution in [0.25, 0.3) is 21.6 Å². The summed E-state index contributed by atoms with van der Waals surface area (Å²) in [5, 5.41) is 18.6. The lowest BCUT2D eigenvalue weighted by atomic mass is 10.1. The van der Waals surface area contributed by atoms with Gasteiger partial charge in [-0.25, -0.2) is 25.4 Å².